The third kappa shape index (κ3) is 2.68. The number of hydrogen-bond acceptors (Lipinski definition) is 6. The SMILES string of the molecule is N#Cc1cc2c(nc1N1CCC(N(c3ccncn3)C3CC3)C1)CCC2. The van der Waals surface area contributed by atoms with E-state index in [9.17, 15) is 5.26 Å². The van der Waals surface area contributed by atoms with E-state index in [1.165, 1.54) is 24.1 Å². The van der Waals surface area contributed by atoms with Crippen LogP contribution in [0.15, 0.2) is 24.7 Å². The lowest BCUT2D eigenvalue weighted by molar-refractivity contribution is 0.624. The number of aromatic nitrogens is 3. The standard InChI is InChI=1S/C20H22N6/c21-11-15-10-14-2-1-3-18(14)24-20(15)25-9-7-17(12-25)26(16-4-5-16)19-6-8-22-13-23-19/h6,8,10,13,16-17H,1-5,7,9,12H2. The van der Waals surface area contributed by atoms with Gasteiger partial charge in [0, 0.05) is 37.1 Å². The van der Waals surface area contributed by atoms with Crippen LogP contribution < -0.4 is 9.80 Å². The zero-order chi connectivity index (χ0) is 17.5. The summed E-state index contributed by atoms with van der Waals surface area (Å²) in [6.07, 6.45) is 10.3. The quantitative estimate of drug-likeness (QED) is 0.847. The van der Waals surface area contributed by atoms with Gasteiger partial charge in [-0.05, 0) is 56.2 Å². The Balaban J connectivity index is 1.42. The topological polar surface area (TPSA) is 68.9 Å². The fourth-order valence-electron chi connectivity index (χ4n) is 4.41. The minimum Gasteiger partial charge on any atom is -0.353 e. The average Bonchev–Trinajstić information content (AvgIpc) is 3.20. The van der Waals surface area contributed by atoms with Crippen molar-refractivity contribution < 1.29 is 0 Å². The maximum absolute atomic E-state index is 9.62. The molecule has 0 spiro atoms. The molecule has 3 aliphatic rings. The van der Waals surface area contributed by atoms with E-state index >= 15 is 0 Å². The number of anilines is 2. The minimum atomic E-state index is 0.416. The van der Waals surface area contributed by atoms with Gasteiger partial charge in [-0.3, -0.25) is 0 Å². The summed E-state index contributed by atoms with van der Waals surface area (Å²) in [7, 11) is 0. The first-order valence-electron chi connectivity index (χ1n) is 9.55. The van der Waals surface area contributed by atoms with Crippen LogP contribution in [0.2, 0.25) is 0 Å². The summed E-state index contributed by atoms with van der Waals surface area (Å²) < 4.78 is 0. The van der Waals surface area contributed by atoms with Gasteiger partial charge < -0.3 is 9.80 Å². The molecule has 26 heavy (non-hydrogen) atoms. The van der Waals surface area contributed by atoms with E-state index in [0.717, 1.165) is 56.0 Å². The summed E-state index contributed by atoms with van der Waals surface area (Å²) in [6, 6.07) is 7.47. The molecule has 1 unspecified atom stereocenters. The first-order valence-corrected chi connectivity index (χ1v) is 9.55. The van der Waals surface area contributed by atoms with E-state index in [0.29, 0.717) is 12.1 Å². The molecule has 0 radical (unpaired) electrons. The first kappa shape index (κ1) is 15.6. The zero-order valence-corrected chi connectivity index (χ0v) is 14.8. The Morgan fingerprint density at radius 1 is 1.19 bits per heavy atom. The number of pyridine rings is 1. The molecule has 1 aliphatic heterocycles. The predicted octanol–water partition coefficient (Wildman–Crippen LogP) is 2.48. The maximum atomic E-state index is 9.62. The lowest BCUT2D eigenvalue weighted by Crippen LogP contribution is -2.40. The first-order chi connectivity index (χ1) is 12.8. The summed E-state index contributed by atoms with van der Waals surface area (Å²) in [4.78, 5) is 18.2. The summed E-state index contributed by atoms with van der Waals surface area (Å²) >= 11 is 0. The van der Waals surface area contributed by atoms with Gasteiger partial charge in [0.2, 0.25) is 0 Å². The van der Waals surface area contributed by atoms with E-state index in [4.69, 9.17) is 4.98 Å². The molecule has 1 saturated carbocycles. The van der Waals surface area contributed by atoms with Crippen LogP contribution in [0, 0.1) is 11.3 Å². The minimum absolute atomic E-state index is 0.416. The largest absolute Gasteiger partial charge is 0.353 e. The van der Waals surface area contributed by atoms with E-state index in [-0.39, 0.29) is 0 Å². The highest BCUT2D eigenvalue weighted by molar-refractivity contribution is 5.58. The van der Waals surface area contributed by atoms with E-state index in [1.807, 2.05) is 12.3 Å². The zero-order valence-electron chi connectivity index (χ0n) is 14.8. The van der Waals surface area contributed by atoms with Crippen molar-refractivity contribution in [1.29, 1.82) is 5.26 Å². The summed E-state index contributed by atoms with van der Waals surface area (Å²) in [5.74, 6) is 1.91. The third-order valence-electron chi connectivity index (χ3n) is 5.78. The van der Waals surface area contributed by atoms with Crippen LogP contribution in [0.25, 0.3) is 0 Å². The van der Waals surface area contributed by atoms with Gasteiger partial charge in [0.15, 0.2) is 0 Å². The van der Waals surface area contributed by atoms with Crippen LogP contribution in [0.1, 0.15) is 42.5 Å². The summed E-state index contributed by atoms with van der Waals surface area (Å²) in [6.45, 7) is 1.85. The molecule has 5 rings (SSSR count). The molecular weight excluding hydrogens is 324 g/mol. The lowest BCUT2D eigenvalue weighted by atomic mass is 10.1. The Morgan fingerprint density at radius 3 is 2.88 bits per heavy atom. The Kier molecular flexibility index (Phi) is 3.74. The van der Waals surface area contributed by atoms with Crippen molar-refractivity contribution >= 4 is 11.6 Å². The molecule has 0 amide bonds. The Hall–Kier alpha value is -2.68. The van der Waals surface area contributed by atoms with Crippen molar-refractivity contribution in [3.8, 4) is 6.07 Å². The molecule has 3 heterocycles. The molecule has 6 heteroatoms. The second-order valence-corrected chi connectivity index (χ2v) is 7.53. The summed E-state index contributed by atoms with van der Waals surface area (Å²) in [5, 5.41) is 9.62. The molecule has 1 saturated heterocycles. The number of hydrogen-bond donors (Lipinski definition) is 0. The smallest absolute Gasteiger partial charge is 0.146 e. The molecule has 6 nitrogen and oxygen atoms in total. The Bertz CT molecular complexity index is 855. The maximum Gasteiger partial charge on any atom is 0.146 e. The van der Waals surface area contributed by atoms with Gasteiger partial charge in [-0.15, -0.1) is 0 Å². The molecule has 2 fully saturated rings. The van der Waals surface area contributed by atoms with Gasteiger partial charge in [-0.1, -0.05) is 0 Å². The highest BCUT2D eigenvalue weighted by atomic mass is 15.3. The normalized spacial score (nSPS) is 21.5. The van der Waals surface area contributed by atoms with Gasteiger partial charge in [0.1, 0.15) is 24.0 Å². The average molecular weight is 346 g/mol. The van der Waals surface area contributed by atoms with Crippen LogP contribution in [0.5, 0.6) is 0 Å². The monoisotopic (exact) mass is 346 g/mol. The molecule has 2 aromatic heterocycles. The summed E-state index contributed by atoms with van der Waals surface area (Å²) in [5.41, 5.74) is 3.19. The second-order valence-electron chi connectivity index (χ2n) is 7.53. The fourth-order valence-corrected chi connectivity index (χ4v) is 4.41. The van der Waals surface area contributed by atoms with E-state index < -0.39 is 0 Å². The van der Waals surface area contributed by atoms with Crippen molar-refractivity contribution in [3.05, 3.63) is 41.5 Å². The predicted molar refractivity (Wildman–Crippen MR) is 99.1 cm³/mol. The number of aryl methyl sites for hydroxylation is 2. The van der Waals surface area contributed by atoms with Crippen molar-refractivity contribution in [1.82, 2.24) is 15.0 Å². The molecule has 132 valence electrons. The number of rotatable bonds is 4. The molecule has 0 bridgehead atoms. The van der Waals surface area contributed by atoms with Crippen LogP contribution in [-0.2, 0) is 12.8 Å². The van der Waals surface area contributed by atoms with E-state index in [1.54, 1.807) is 6.33 Å². The van der Waals surface area contributed by atoms with Crippen LogP contribution in [-0.4, -0.2) is 40.1 Å². The highest BCUT2D eigenvalue weighted by Crippen LogP contribution is 2.36. The number of fused-ring (bicyclic) bond motifs is 1. The molecule has 1 atom stereocenters. The molecule has 2 aliphatic carbocycles. The van der Waals surface area contributed by atoms with Gasteiger partial charge in [0.05, 0.1) is 5.56 Å². The highest BCUT2D eigenvalue weighted by Gasteiger charge is 2.38. The van der Waals surface area contributed by atoms with Crippen molar-refractivity contribution in [2.45, 2.75) is 50.6 Å². The Labute approximate surface area is 153 Å². The second kappa shape index (κ2) is 6.24. The molecule has 2 aromatic rings. The lowest BCUT2D eigenvalue weighted by Gasteiger charge is -2.30. The molecule has 0 aromatic carbocycles. The van der Waals surface area contributed by atoms with Crippen molar-refractivity contribution in [2.75, 3.05) is 22.9 Å². The molecular formula is C20H22N6. The fraction of sp³-hybridized carbons (Fsp3) is 0.500. The van der Waals surface area contributed by atoms with E-state index in [2.05, 4.69) is 31.9 Å². The van der Waals surface area contributed by atoms with Gasteiger partial charge in [-0.25, -0.2) is 15.0 Å². The van der Waals surface area contributed by atoms with Crippen LogP contribution in [0.3, 0.4) is 0 Å². The number of nitriles is 1. The Morgan fingerprint density at radius 2 is 2.12 bits per heavy atom. The van der Waals surface area contributed by atoms with Gasteiger partial charge >= 0.3 is 0 Å². The van der Waals surface area contributed by atoms with Crippen LogP contribution in [0.4, 0.5) is 11.6 Å². The van der Waals surface area contributed by atoms with Crippen molar-refractivity contribution in [3.63, 3.8) is 0 Å². The number of nitrogens with zero attached hydrogens (tertiary/aromatic N) is 6. The van der Waals surface area contributed by atoms with Gasteiger partial charge in [-0.2, -0.15) is 5.26 Å². The van der Waals surface area contributed by atoms with Gasteiger partial charge in [0.25, 0.3) is 0 Å². The third-order valence-corrected chi connectivity index (χ3v) is 5.78. The molecule has 0 N–H and O–H groups in total. The van der Waals surface area contributed by atoms with Crippen molar-refractivity contribution in [2.24, 2.45) is 0 Å². The van der Waals surface area contributed by atoms with Crippen LogP contribution >= 0.6 is 0 Å².